The lowest BCUT2D eigenvalue weighted by Gasteiger charge is -2.08. The van der Waals surface area contributed by atoms with Gasteiger partial charge in [0.2, 0.25) is 5.75 Å². The molecule has 0 aliphatic rings. The largest absolute Gasteiger partial charge is 0.496 e. The van der Waals surface area contributed by atoms with Crippen LogP contribution in [0.5, 0.6) is 17.2 Å². The number of nitrogens with one attached hydrogen (secondary N) is 1. The van der Waals surface area contributed by atoms with Gasteiger partial charge in [-0.2, -0.15) is 5.10 Å². The molecule has 1 amide bonds. The van der Waals surface area contributed by atoms with Crippen molar-refractivity contribution < 1.29 is 23.9 Å². The van der Waals surface area contributed by atoms with E-state index in [9.17, 15) is 14.9 Å². The smallest absolute Gasteiger partial charge is 0.311 e. The molecule has 0 aromatic heterocycles. The summed E-state index contributed by atoms with van der Waals surface area (Å²) in [5, 5.41) is 15.0. The maximum Gasteiger partial charge on any atom is 0.311 e. The van der Waals surface area contributed by atoms with Gasteiger partial charge in [-0.05, 0) is 12.1 Å². The fraction of sp³-hybridized carbons (Fsp3) is 0.176. The highest BCUT2D eigenvalue weighted by Gasteiger charge is 2.19. The van der Waals surface area contributed by atoms with Crippen molar-refractivity contribution in [3.63, 3.8) is 0 Å². The minimum atomic E-state index is -0.580. The van der Waals surface area contributed by atoms with Crippen LogP contribution in [0.4, 0.5) is 5.69 Å². The lowest BCUT2D eigenvalue weighted by molar-refractivity contribution is -0.385. The number of nitro benzene ring substituents is 1. The molecule has 136 valence electrons. The number of benzene rings is 2. The van der Waals surface area contributed by atoms with E-state index in [1.54, 1.807) is 24.3 Å². The van der Waals surface area contributed by atoms with Gasteiger partial charge >= 0.3 is 5.69 Å². The van der Waals surface area contributed by atoms with Gasteiger partial charge in [0.05, 0.1) is 38.0 Å². The average molecular weight is 359 g/mol. The Kier molecular flexibility index (Phi) is 6.10. The number of hydrogen-bond acceptors (Lipinski definition) is 7. The summed E-state index contributed by atoms with van der Waals surface area (Å²) >= 11 is 0. The summed E-state index contributed by atoms with van der Waals surface area (Å²) in [6.45, 7) is 0. The van der Waals surface area contributed by atoms with Crippen LogP contribution in [-0.4, -0.2) is 38.4 Å². The van der Waals surface area contributed by atoms with Gasteiger partial charge in [-0.15, -0.1) is 0 Å². The number of hydrogen-bond donors (Lipinski definition) is 1. The van der Waals surface area contributed by atoms with Crippen LogP contribution in [0.1, 0.15) is 15.9 Å². The van der Waals surface area contributed by atoms with Crippen LogP contribution in [-0.2, 0) is 0 Å². The van der Waals surface area contributed by atoms with Crippen molar-refractivity contribution in [1.82, 2.24) is 5.43 Å². The number of nitrogens with zero attached hydrogens (tertiary/aromatic N) is 2. The van der Waals surface area contributed by atoms with Gasteiger partial charge in [-0.1, -0.05) is 12.1 Å². The van der Waals surface area contributed by atoms with Crippen LogP contribution in [0.3, 0.4) is 0 Å². The van der Waals surface area contributed by atoms with E-state index in [1.807, 2.05) is 0 Å². The molecule has 9 heteroatoms. The molecule has 0 fully saturated rings. The predicted octanol–water partition coefficient (Wildman–Crippen LogP) is 2.38. The molecule has 0 saturated heterocycles. The molecule has 0 saturated carbocycles. The van der Waals surface area contributed by atoms with Gasteiger partial charge in [-0.3, -0.25) is 14.9 Å². The Hall–Kier alpha value is -3.62. The zero-order chi connectivity index (χ0) is 19.1. The van der Waals surface area contributed by atoms with Gasteiger partial charge < -0.3 is 14.2 Å². The van der Waals surface area contributed by atoms with Crippen molar-refractivity contribution >= 4 is 17.8 Å². The van der Waals surface area contributed by atoms with E-state index in [1.165, 1.54) is 39.7 Å². The van der Waals surface area contributed by atoms with Gasteiger partial charge in [-0.25, -0.2) is 5.43 Å². The fourth-order valence-corrected chi connectivity index (χ4v) is 2.20. The maximum absolute atomic E-state index is 12.2. The van der Waals surface area contributed by atoms with Crippen LogP contribution in [0.25, 0.3) is 0 Å². The van der Waals surface area contributed by atoms with Gasteiger partial charge in [0.1, 0.15) is 11.5 Å². The minimum absolute atomic E-state index is 0.0575. The lowest BCUT2D eigenvalue weighted by Crippen LogP contribution is -2.18. The summed E-state index contributed by atoms with van der Waals surface area (Å²) in [5.74, 6) is 0.281. The molecule has 2 aromatic carbocycles. The highest BCUT2D eigenvalue weighted by Crippen LogP contribution is 2.33. The first-order chi connectivity index (χ1) is 12.5. The molecule has 9 nitrogen and oxygen atoms in total. The van der Waals surface area contributed by atoms with E-state index < -0.39 is 10.8 Å². The topological polar surface area (TPSA) is 112 Å². The average Bonchev–Trinajstić information content (AvgIpc) is 2.67. The summed E-state index contributed by atoms with van der Waals surface area (Å²) in [4.78, 5) is 22.7. The molecular formula is C17H17N3O6. The molecular weight excluding hydrogens is 342 g/mol. The Morgan fingerprint density at radius 3 is 2.35 bits per heavy atom. The number of methoxy groups -OCH3 is 3. The standard InChI is InChI=1S/C17H17N3O6/c1-24-14-7-5-4-6-12(14)17(21)19-18-10-11-8-13(20(22)23)16(26-3)9-15(11)25-2/h4-10H,1-3H3,(H,19,21)/b18-10-. The number of nitro groups is 1. The van der Waals surface area contributed by atoms with Crippen molar-refractivity contribution in [2.24, 2.45) is 5.10 Å². The fourth-order valence-electron chi connectivity index (χ4n) is 2.20. The van der Waals surface area contributed by atoms with Crippen LogP contribution in [0, 0.1) is 10.1 Å². The molecule has 0 bridgehead atoms. The van der Waals surface area contributed by atoms with Crippen LogP contribution < -0.4 is 19.6 Å². The molecule has 26 heavy (non-hydrogen) atoms. The zero-order valence-electron chi connectivity index (χ0n) is 14.4. The third-order valence-corrected chi connectivity index (χ3v) is 3.45. The van der Waals surface area contributed by atoms with Crippen molar-refractivity contribution in [2.75, 3.05) is 21.3 Å². The third-order valence-electron chi connectivity index (χ3n) is 3.45. The number of amides is 1. The molecule has 2 aromatic rings. The van der Waals surface area contributed by atoms with Crippen LogP contribution in [0.2, 0.25) is 0 Å². The lowest BCUT2D eigenvalue weighted by atomic mass is 10.1. The Bertz CT molecular complexity index is 850. The second kappa shape index (κ2) is 8.47. The first-order valence-electron chi connectivity index (χ1n) is 7.38. The summed E-state index contributed by atoms with van der Waals surface area (Å²) in [7, 11) is 4.19. The SMILES string of the molecule is COc1cc(OC)c([N+](=O)[O-])cc1/C=N\NC(=O)c1ccccc1OC. The predicted molar refractivity (Wildman–Crippen MR) is 94.3 cm³/mol. The number of carbonyl (C=O) groups excluding carboxylic acids is 1. The number of hydrazone groups is 1. The molecule has 0 unspecified atom stereocenters. The van der Waals surface area contributed by atoms with Gasteiger partial charge in [0.15, 0.2) is 0 Å². The zero-order valence-corrected chi connectivity index (χ0v) is 14.4. The first kappa shape index (κ1) is 18.7. The maximum atomic E-state index is 12.2. The Balaban J connectivity index is 2.25. The summed E-state index contributed by atoms with van der Waals surface area (Å²) in [6.07, 6.45) is 1.25. The molecule has 0 radical (unpaired) electrons. The van der Waals surface area contributed by atoms with E-state index >= 15 is 0 Å². The highest BCUT2D eigenvalue weighted by atomic mass is 16.6. The quantitative estimate of drug-likeness (QED) is 0.461. The Labute approximate surface area is 149 Å². The summed E-state index contributed by atoms with van der Waals surface area (Å²) in [6, 6.07) is 9.28. The monoisotopic (exact) mass is 359 g/mol. The molecule has 1 N–H and O–H groups in total. The summed E-state index contributed by atoms with van der Waals surface area (Å²) in [5.41, 5.74) is 2.71. The molecule has 0 aliphatic carbocycles. The van der Waals surface area contributed by atoms with Gasteiger partial charge in [0, 0.05) is 17.7 Å². The first-order valence-corrected chi connectivity index (χ1v) is 7.38. The number of para-hydroxylation sites is 1. The summed E-state index contributed by atoms with van der Waals surface area (Å²) < 4.78 is 15.3. The molecule has 0 aliphatic heterocycles. The minimum Gasteiger partial charge on any atom is -0.496 e. The van der Waals surface area contributed by atoms with Crippen LogP contribution in [0.15, 0.2) is 41.5 Å². The number of ether oxygens (including phenoxy) is 3. The number of rotatable bonds is 7. The highest BCUT2D eigenvalue weighted by molar-refractivity contribution is 5.97. The van der Waals surface area contributed by atoms with E-state index in [-0.39, 0.29) is 11.4 Å². The number of carbonyl (C=O) groups is 1. The van der Waals surface area contributed by atoms with Crippen molar-refractivity contribution in [3.05, 3.63) is 57.6 Å². The van der Waals surface area contributed by atoms with E-state index in [4.69, 9.17) is 14.2 Å². The normalized spacial score (nSPS) is 10.4. The van der Waals surface area contributed by atoms with Crippen molar-refractivity contribution in [3.8, 4) is 17.2 Å². The Morgan fingerprint density at radius 2 is 1.73 bits per heavy atom. The van der Waals surface area contributed by atoms with Crippen molar-refractivity contribution in [1.29, 1.82) is 0 Å². The van der Waals surface area contributed by atoms with Gasteiger partial charge in [0.25, 0.3) is 5.91 Å². The molecule has 0 heterocycles. The Morgan fingerprint density at radius 1 is 1.08 bits per heavy atom. The van der Waals surface area contributed by atoms with Crippen LogP contribution >= 0.6 is 0 Å². The third kappa shape index (κ3) is 4.07. The molecule has 2 rings (SSSR count). The van der Waals surface area contributed by atoms with E-state index in [0.29, 0.717) is 22.6 Å². The second-order valence-electron chi connectivity index (χ2n) is 4.92. The van der Waals surface area contributed by atoms with E-state index in [0.717, 1.165) is 0 Å². The molecule has 0 spiro atoms. The van der Waals surface area contributed by atoms with E-state index in [2.05, 4.69) is 10.5 Å². The second-order valence-corrected chi connectivity index (χ2v) is 4.92. The molecule has 0 atom stereocenters. The van der Waals surface area contributed by atoms with Crippen molar-refractivity contribution in [2.45, 2.75) is 0 Å².